The van der Waals surface area contributed by atoms with E-state index >= 15 is 0 Å². The lowest BCUT2D eigenvalue weighted by atomic mass is 10.0. The van der Waals surface area contributed by atoms with E-state index in [1.807, 2.05) is 6.07 Å². The maximum atomic E-state index is 11.4. The predicted octanol–water partition coefficient (Wildman–Crippen LogP) is 1.57. The lowest BCUT2D eigenvalue weighted by molar-refractivity contribution is -0.124. The van der Waals surface area contributed by atoms with E-state index in [9.17, 15) is 4.79 Å². The minimum Gasteiger partial charge on any atom is -0.368 e. The molecule has 17 heavy (non-hydrogen) atoms. The average molecular weight is 254 g/mol. The molecule has 0 aromatic carbocycles. The van der Waals surface area contributed by atoms with Crippen molar-refractivity contribution in [1.82, 2.24) is 9.88 Å². The smallest absolute Gasteiger partial charge is 0.234 e. The molecule has 2 N–H and O–H groups in total. The van der Waals surface area contributed by atoms with E-state index in [0.29, 0.717) is 11.6 Å². The topological polar surface area (TPSA) is 59.2 Å². The number of nitrogens with zero attached hydrogens (tertiary/aromatic N) is 2. The molecule has 1 unspecified atom stereocenters. The van der Waals surface area contributed by atoms with Crippen LogP contribution in [0.3, 0.4) is 0 Å². The van der Waals surface area contributed by atoms with Crippen molar-refractivity contribution in [2.75, 3.05) is 6.54 Å². The number of piperidine rings is 1. The quantitative estimate of drug-likeness (QED) is 0.890. The fraction of sp³-hybridized carbons (Fsp3) is 0.500. The summed E-state index contributed by atoms with van der Waals surface area (Å²) in [7, 11) is 0. The normalized spacial score (nSPS) is 21.4. The van der Waals surface area contributed by atoms with Crippen LogP contribution in [0.2, 0.25) is 5.02 Å². The first-order valence-electron chi connectivity index (χ1n) is 5.80. The van der Waals surface area contributed by atoms with Crippen LogP contribution < -0.4 is 5.73 Å². The summed E-state index contributed by atoms with van der Waals surface area (Å²) in [5.74, 6) is -0.244. The van der Waals surface area contributed by atoms with E-state index in [0.717, 1.165) is 31.5 Å². The molecule has 0 spiro atoms. The van der Waals surface area contributed by atoms with E-state index < -0.39 is 0 Å². The fourth-order valence-electron chi connectivity index (χ4n) is 2.25. The van der Waals surface area contributed by atoms with Gasteiger partial charge in [0.15, 0.2) is 0 Å². The summed E-state index contributed by atoms with van der Waals surface area (Å²) in [6.07, 6.45) is 4.69. The zero-order chi connectivity index (χ0) is 12.3. The van der Waals surface area contributed by atoms with Gasteiger partial charge in [0.25, 0.3) is 0 Å². The van der Waals surface area contributed by atoms with Gasteiger partial charge in [-0.3, -0.25) is 14.7 Å². The van der Waals surface area contributed by atoms with Crippen LogP contribution in [0.1, 0.15) is 25.0 Å². The summed E-state index contributed by atoms with van der Waals surface area (Å²) in [4.78, 5) is 17.7. The van der Waals surface area contributed by atoms with Crippen LogP contribution in [-0.2, 0) is 11.3 Å². The average Bonchev–Trinajstić information content (AvgIpc) is 2.29. The van der Waals surface area contributed by atoms with Crippen molar-refractivity contribution < 1.29 is 4.79 Å². The number of pyridine rings is 1. The van der Waals surface area contributed by atoms with Crippen molar-refractivity contribution in [3.8, 4) is 0 Å². The van der Waals surface area contributed by atoms with Crippen molar-refractivity contribution in [1.29, 1.82) is 0 Å². The van der Waals surface area contributed by atoms with Gasteiger partial charge in [0, 0.05) is 17.8 Å². The third kappa shape index (κ3) is 3.17. The van der Waals surface area contributed by atoms with Gasteiger partial charge < -0.3 is 5.73 Å². The molecule has 0 aliphatic carbocycles. The van der Waals surface area contributed by atoms with Crippen molar-refractivity contribution in [3.05, 3.63) is 29.0 Å². The summed E-state index contributed by atoms with van der Waals surface area (Å²) in [5, 5.41) is 0.669. The number of halogens is 1. The van der Waals surface area contributed by atoms with E-state index in [1.165, 1.54) is 0 Å². The molecule has 92 valence electrons. The molecule has 1 amide bonds. The number of amides is 1. The number of primary amides is 1. The van der Waals surface area contributed by atoms with Crippen molar-refractivity contribution in [2.45, 2.75) is 31.8 Å². The van der Waals surface area contributed by atoms with E-state index in [2.05, 4.69) is 9.88 Å². The zero-order valence-electron chi connectivity index (χ0n) is 9.60. The van der Waals surface area contributed by atoms with Crippen LogP contribution in [0.5, 0.6) is 0 Å². The van der Waals surface area contributed by atoms with Gasteiger partial charge in [-0.1, -0.05) is 18.0 Å². The standard InChI is InChI=1S/C12H16ClN3O/c13-9-4-5-15-10(7-9)8-16-6-2-1-3-11(16)12(14)17/h4-5,7,11H,1-3,6,8H2,(H2,14,17). The molecule has 4 nitrogen and oxygen atoms in total. The Morgan fingerprint density at radius 2 is 2.41 bits per heavy atom. The molecule has 1 fully saturated rings. The monoisotopic (exact) mass is 253 g/mol. The molecule has 2 heterocycles. The number of hydrogen-bond acceptors (Lipinski definition) is 3. The summed E-state index contributed by atoms with van der Waals surface area (Å²) in [5.41, 5.74) is 6.29. The highest BCUT2D eigenvalue weighted by molar-refractivity contribution is 6.30. The molecule has 1 saturated heterocycles. The third-order valence-corrected chi connectivity index (χ3v) is 3.32. The highest BCUT2D eigenvalue weighted by Crippen LogP contribution is 2.19. The molecule has 0 bridgehead atoms. The maximum absolute atomic E-state index is 11.4. The first-order valence-corrected chi connectivity index (χ1v) is 6.18. The van der Waals surface area contributed by atoms with E-state index in [-0.39, 0.29) is 11.9 Å². The van der Waals surface area contributed by atoms with E-state index in [1.54, 1.807) is 12.3 Å². The van der Waals surface area contributed by atoms with Gasteiger partial charge in [0.2, 0.25) is 5.91 Å². The van der Waals surface area contributed by atoms with Crippen LogP contribution in [0.15, 0.2) is 18.3 Å². The first-order chi connectivity index (χ1) is 8.16. The molecular weight excluding hydrogens is 238 g/mol. The number of rotatable bonds is 3. The van der Waals surface area contributed by atoms with Gasteiger partial charge in [-0.2, -0.15) is 0 Å². The van der Waals surface area contributed by atoms with Crippen LogP contribution in [0.4, 0.5) is 0 Å². The molecular formula is C12H16ClN3O. The molecule has 1 aliphatic heterocycles. The van der Waals surface area contributed by atoms with Crippen LogP contribution in [-0.4, -0.2) is 28.4 Å². The second-order valence-electron chi connectivity index (χ2n) is 4.35. The van der Waals surface area contributed by atoms with Gasteiger partial charge in [-0.05, 0) is 31.5 Å². The number of nitrogens with two attached hydrogens (primary N) is 1. The lowest BCUT2D eigenvalue weighted by Crippen LogP contribution is -2.47. The maximum Gasteiger partial charge on any atom is 0.234 e. The predicted molar refractivity (Wildman–Crippen MR) is 66.5 cm³/mol. The molecule has 0 saturated carbocycles. The molecule has 2 rings (SSSR count). The molecule has 1 aromatic heterocycles. The number of likely N-dealkylation sites (tertiary alicyclic amines) is 1. The highest BCUT2D eigenvalue weighted by atomic mass is 35.5. The van der Waals surface area contributed by atoms with Gasteiger partial charge in [0.1, 0.15) is 0 Å². The van der Waals surface area contributed by atoms with Crippen molar-refractivity contribution >= 4 is 17.5 Å². The fourth-order valence-corrected chi connectivity index (χ4v) is 2.43. The van der Waals surface area contributed by atoms with Crippen LogP contribution in [0, 0.1) is 0 Å². The molecule has 1 atom stereocenters. The SMILES string of the molecule is NC(=O)C1CCCCN1Cc1cc(Cl)ccn1. The minimum absolute atomic E-state index is 0.162. The Bertz CT molecular complexity index is 410. The summed E-state index contributed by atoms with van der Waals surface area (Å²) >= 11 is 5.91. The second-order valence-corrected chi connectivity index (χ2v) is 4.79. The number of aromatic nitrogens is 1. The Morgan fingerprint density at radius 3 is 3.12 bits per heavy atom. The Kier molecular flexibility index (Phi) is 3.97. The minimum atomic E-state index is -0.244. The lowest BCUT2D eigenvalue weighted by Gasteiger charge is -2.33. The second kappa shape index (κ2) is 5.47. The van der Waals surface area contributed by atoms with E-state index in [4.69, 9.17) is 17.3 Å². The largest absolute Gasteiger partial charge is 0.368 e. The molecule has 1 aromatic rings. The molecule has 1 aliphatic rings. The van der Waals surface area contributed by atoms with Gasteiger partial charge in [-0.25, -0.2) is 0 Å². The third-order valence-electron chi connectivity index (χ3n) is 3.09. The molecule has 5 heteroatoms. The zero-order valence-corrected chi connectivity index (χ0v) is 10.4. The molecule has 0 radical (unpaired) electrons. The Morgan fingerprint density at radius 1 is 1.59 bits per heavy atom. The highest BCUT2D eigenvalue weighted by Gasteiger charge is 2.26. The van der Waals surface area contributed by atoms with Crippen LogP contribution in [0.25, 0.3) is 0 Å². The number of carbonyl (C=O) groups is 1. The Labute approximate surface area is 106 Å². The Balaban J connectivity index is 2.08. The number of carbonyl (C=O) groups excluding carboxylic acids is 1. The van der Waals surface area contributed by atoms with Crippen molar-refractivity contribution in [3.63, 3.8) is 0 Å². The van der Waals surface area contributed by atoms with Gasteiger partial charge in [-0.15, -0.1) is 0 Å². The summed E-state index contributed by atoms with van der Waals surface area (Å²) in [6, 6.07) is 3.41. The Hall–Kier alpha value is -1.13. The number of hydrogen-bond donors (Lipinski definition) is 1. The summed E-state index contributed by atoms with van der Waals surface area (Å²) in [6.45, 7) is 1.52. The van der Waals surface area contributed by atoms with Crippen LogP contribution >= 0.6 is 11.6 Å². The van der Waals surface area contributed by atoms with Gasteiger partial charge in [0.05, 0.1) is 11.7 Å². The summed E-state index contributed by atoms with van der Waals surface area (Å²) < 4.78 is 0. The van der Waals surface area contributed by atoms with Crippen molar-refractivity contribution in [2.24, 2.45) is 5.73 Å². The van der Waals surface area contributed by atoms with Gasteiger partial charge >= 0.3 is 0 Å². The first kappa shape index (κ1) is 12.3.